The lowest BCUT2D eigenvalue weighted by Gasteiger charge is -2.33. The van der Waals surface area contributed by atoms with Gasteiger partial charge in [-0.05, 0) is 40.5 Å². The van der Waals surface area contributed by atoms with E-state index in [1.165, 1.54) is 116 Å². The Hall–Kier alpha value is 0.340. The predicted molar refractivity (Wildman–Crippen MR) is 218 cm³/mol. The van der Waals surface area contributed by atoms with Gasteiger partial charge in [0.2, 0.25) is 0 Å². The van der Waals surface area contributed by atoms with Crippen LogP contribution in [0.2, 0.25) is 0 Å². The average Bonchev–Trinajstić information content (AvgIpc) is 3.09. The molecule has 0 amide bonds. The standard InChI is InChI=1S/C41H86N2O4.2ClH/c1-7-13-15-17-19-21-23-25-27-29-33-44-37-41(39-46-35-31-42(9-3)10-4,40-47-36-32-43(11-5)12-6)38-45-34-30-28-26-24-22-20-18-16-14-8-2;;/h7-40H2,1-6H3;2*1H/p+2. The molecule has 0 fully saturated rings. The van der Waals surface area contributed by atoms with Crippen LogP contribution in [0.5, 0.6) is 0 Å². The normalized spacial score (nSPS) is 11.8. The topological polar surface area (TPSA) is 45.8 Å². The van der Waals surface area contributed by atoms with E-state index in [-0.39, 0.29) is 30.2 Å². The molecule has 0 radical (unpaired) electrons. The molecule has 49 heavy (non-hydrogen) atoms. The third-order valence-electron chi connectivity index (χ3n) is 10.1. The molecule has 0 aromatic carbocycles. The molecule has 0 unspecified atom stereocenters. The highest BCUT2D eigenvalue weighted by Gasteiger charge is 2.33. The minimum Gasteiger partial charge on any atom is -0.381 e. The molecule has 0 aromatic rings. The van der Waals surface area contributed by atoms with Gasteiger partial charge in [0.1, 0.15) is 13.1 Å². The number of unbranched alkanes of at least 4 members (excludes halogenated alkanes) is 18. The Morgan fingerprint density at radius 3 is 0.837 bits per heavy atom. The summed E-state index contributed by atoms with van der Waals surface area (Å²) in [7, 11) is 0. The van der Waals surface area contributed by atoms with Gasteiger partial charge in [-0.3, -0.25) is 0 Å². The van der Waals surface area contributed by atoms with Gasteiger partial charge in [-0.2, -0.15) is 0 Å². The van der Waals surface area contributed by atoms with Crippen molar-refractivity contribution in [2.45, 2.75) is 170 Å². The summed E-state index contributed by atoms with van der Waals surface area (Å²) in [4.78, 5) is 3.17. The molecule has 0 saturated heterocycles. The van der Waals surface area contributed by atoms with Gasteiger partial charge in [-0.25, -0.2) is 0 Å². The number of hydrogen-bond acceptors (Lipinski definition) is 4. The number of likely N-dealkylation sites (N-methyl/N-ethyl adjacent to an activating group) is 2. The fourth-order valence-electron chi connectivity index (χ4n) is 6.43. The molecule has 0 atom stereocenters. The van der Waals surface area contributed by atoms with E-state index in [9.17, 15) is 0 Å². The summed E-state index contributed by atoms with van der Waals surface area (Å²) in [5, 5.41) is 0. The summed E-state index contributed by atoms with van der Waals surface area (Å²) in [5.41, 5.74) is -0.256. The first-order valence-corrected chi connectivity index (χ1v) is 21.1. The predicted octanol–water partition coefficient (Wildman–Crippen LogP) is 8.57. The lowest BCUT2D eigenvalue weighted by molar-refractivity contribution is -0.896. The summed E-state index contributed by atoms with van der Waals surface area (Å²) in [6.45, 7) is 26.1. The quantitative estimate of drug-likeness (QED) is 0.0618. The van der Waals surface area contributed by atoms with Crippen LogP contribution in [0.3, 0.4) is 0 Å². The number of nitrogens with one attached hydrogen (secondary N) is 2. The van der Waals surface area contributed by atoms with Gasteiger partial charge in [0, 0.05) is 13.2 Å². The monoisotopic (exact) mass is 745 g/mol. The van der Waals surface area contributed by atoms with Crippen LogP contribution in [0.4, 0.5) is 0 Å². The molecule has 0 aliphatic rings. The van der Waals surface area contributed by atoms with Crippen molar-refractivity contribution in [3.63, 3.8) is 0 Å². The molecular formula is C41H90Cl2N2O4+2. The van der Waals surface area contributed by atoms with Crippen LogP contribution >= 0.6 is 24.8 Å². The van der Waals surface area contributed by atoms with Gasteiger partial charge >= 0.3 is 0 Å². The lowest BCUT2D eigenvalue weighted by atomic mass is 9.92. The molecule has 0 spiro atoms. The molecule has 300 valence electrons. The molecule has 0 heterocycles. The van der Waals surface area contributed by atoms with Gasteiger partial charge in [0.05, 0.1) is 71.2 Å². The number of quaternary nitrogens is 2. The molecule has 0 aliphatic heterocycles. The molecular weight excluding hydrogens is 655 g/mol. The third kappa shape index (κ3) is 35.2. The molecule has 0 aromatic heterocycles. The summed E-state index contributed by atoms with van der Waals surface area (Å²) in [5.74, 6) is 0. The molecule has 6 nitrogen and oxygen atoms in total. The Morgan fingerprint density at radius 2 is 0.571 bits per heavy atom. The highest BCUT2D eigenvalue weighted by molar-refractivity contribution is 5.85. The van der Waals surface area contributed by atoms with Crippen LogP contribution in [0, 0.1) is 5.41 Å². The average molecular weight is 746 g/mol. The number of hydrogen-bond donors (Lipinski definition) is 2. The van der Waals surface area contributed by atoms with Gasteiger partial charge in [0.25, 0.3) is 0 Å². The van der Waals surface area contributed by atoms with E-state index in [0.717, 1.165) is 78.5 Å². The zero-order chi connectivity index (χ0) is 34.5. The first kappa shape index (κ1) is 53.7. The van der Waals surface area contributed by atoms with Gasteiger partial charge in [-0.15, -0.1) is 24.8 Å². The first-order chi connectivity index (χ1) is 23.1. The minimum absolute atomic E-state index is 0. The van der Waals surface area contributed by atoms with Crippen molar-refractivity contribution >= 4 is 24.8 Å². The fourth-order valence-corrected chi connectivity index (χ4v) is 6.43. The van der Waals surface area contributed by atoms with E-state index in [0.29, 0.717) is 26.4 Å². The van der Waals surface area contributed by atoms with E-state index in [1.54, 1.807) is 9.80 Å². The maximum absolute atomic E-state index is 6.42. The molecule has 8 heteroatoms. The summed E-state index contributed by atoms with van der Waals surface area (Å²) >= 11 is 0. The van der Waals surface area contributed by atoms with Crippen LogP contribution in [0.1, 0.15) is 170 Å². The van der Waals surface area contributed by atoms with Crippen molar-refractivity contribution in [1.29, 1.82) is 0 Å². The Morgan fingerprint density at radius 1 is 0.327 bits per heavy atom. The molecule has 0 saturated carbocycles. The van der Waals surface area contributed by atoms with Crippen LogP contribution in [-0.4, -0.2) is 92.1 Å². The Balaban J connectivity index is -0.0000106. The highest BCUT2D eigenvalue weighted by Crippen LogP contribution is 2.22. The van der Waals surface area contributed by atoms with Crippen LogP contribution in [-0.2, 0) is 18.9 Å². The summed E-state index contributed by atoms with van der Waals surface area (Å²) in [6.07, 6.45) is 26.9. The zero-order valence-corrected chi connectivity index (χ0v) is 35.6. The minimum atomic E-state index is -0.256. The van der Waals surface area contributed by atoms with E-state index in [1.807, 2.05) is 0 Å². The van der Waals surface area contributed by atoms with Crippen molar-refractivity contribution in [2.75, 3.05) is 92.1 Å². The maximum atomic E-state index is 6.42. The largest absolute Gasteiger partial charge is 0.381 e. The van der Waals surface area contributed by atoms with E-state index >= 15 is 0 Å². The van der Waals surface area contributed by atoms with E-state index in [4.69, 9.17) is 18.9 Å². The van der Waals surface area contributed by atoms with Crippen LogP contribution < -0.4 is 9.80 Å². The zero-order valence-electron chi connectivity index (χ0n) is 34.0. The number of halogens is 2. The number of rotatable bonds is 40. The van der Waals surface area contributed by atoms with E-state index in [2.05, 4.69) is 41.5 Å². The SMILES string of the molecule is CCCCCCCCCCCCOCC(COCCCCCCCCCCCC)(COCC[NH+](CC)CC)COCC[NH+](CC)CC.Cl.Cl. The Labute approximate surface area is 320 Å². The number of ether oxygens (including phenoxy) is 4. The third-order valence-corrected chi connectivity index (χ3v) is 10.1. The molecule has 2 N–H and O–H groups in total. The van der Waals surface area contributed by atoms with Crippen molar-refractivity contribution in [2.24, 2.45) is 5.41 Å². The Kier molecular flexibility index (Phi) is 46.8. The lowest BCUT2D eigenvalue weighted by Crippen LogP contribution is -3.11. The Bertz CT molecular complexity index is 548. The molecule has 0 bridgehead atoms. The second-order valence-corrected chi connectivity index (χ2v) is 14.5. The van der Waals surface area contributed by atoms with Gasteiger partial charge in [-0.1, -0.05) is 129 Å². The van der Waals surface area contributed by atoms with Gasteiger partial charge in [0.15, 0.2) is 0 Å². The fraction of sp³-hybridized carbons (Fsp3) is 1.00. The van der Waals surface area contributed by atoms with Crippen molar-refractivity contribution in [3.8, 4) is 0 Å². The van der Waals surface area contributed by atoms with Gasteiger partial charge < -0.3 is 28.7 Å². The first-order valence-electron chi connectivity index (χ1n) is 21.1. The van der Waals surface area contributed by atoms with Crippen molar-refractivity contribution in [3.05, 3.63) is 0 Å². The smallest absolute Gasteiger partial charge is 0.101 e. The molecule has 0 rings (SSSR count). The summed E-state index contributed by atoms with van der Waals surface area (Å²) in [6, 6.07) is 0. The van der Waals surface area contributed by atoms with Crippen molar-refractivity contribution in [1.82, 2.24) is 0 Å². The van der Waals surface area contributed by atoms with Crippen molar-refractivity contribution < 1.29 is 28.7 Å². The van der Waals surface area contributed by atoms with Crippen LogP contribution in [0.15, 0.2) is 0 Å². The molecule has 0 aliphatic carbocycles. The van der Waals surface area contributed by atoms with E-state index < -0.39 is 0 Å². The highest BCUT2D eigenvalue weighted by atomic mass is 35.5. The second kappa shape index (κ2) is 42.8. The maximum Gasteiger partial charge on any atom is 0.101 e. The van der Waals surface area contributed by atoms with Crippen LogP contribution in [0.25, 0.3) is 0 Å². The summed E-state index contributed by atoms with van der Waals surface area (Å²) < 4.78 is 25.6. The second-order valence-electron chi connectivity index (χ2n) is 14.5.